The molecule has 0 fully saturated rings. The topological polar surface area (TPSA) is 17.8 Å². The first-order chi connectivity index (χ1) is 7.38. The summed E-state index contributed by atoms with van der Waals surface area (Å²) >= 11 is 0. The first-order valence-electron chi connectivity index (χ1n) is 5.54. The second-order valence-corrected chi connectivity index (χ2v) is 4.02. The lowest BCUT2D eigenvalue weighted by molar-refractivity contribution is 0.728. The molecule has 2 nitrogen and oxygen atoms in total. The first-order valence-corrected chi connectivity index (χ1v) is 5.54. The van der Waals surface area contributed by atoms with E-state index < -0.39 is 0 Å². The summed E-state index contributed by atoms with van der Waals surface area (Å²) in [5.41, 5.74) is 5.22. The molecule has 1 aromatic heterocycles. The molecule has 2 heterocycles. The Hall–Kier alpha value is -1.57. The highest BCUT2D eigenvalue weighted by molar-refractivity contribution is 5.45. The number of nitrogens with zero attached hydrogens (tertiary/aromatic N) is 2. The summed E-state index contributed by atoms with van der Waals surface area (Å²) in [4.78, 5) is 0. The molecule has 0 unspecified atom stereocenters. The van der Waals surface area contributed by atoms with Crippen molar-refractivity contribution >= 4 is 0 Å². The molecule has 3 rings (SSSR count). The standard InChI is InChI=1S/C13H14N2/c1-2-11-9-12-8-7-10-5-3-4-6-13(10)15(12)14-11/h3-6,9H,2,7-8H2,1H3. The summed E-state index contributed by atoms with van der Waals surface area (Å²) < 4.78 is 2.11. The van der Waals surface area contributed by atoms with Crippen LogP contribution in [0.15, 0.2) is 30.3 Å². The molecule has 0 amide bonds. The van der Waals surface area contributed by atoms with E-state index in [2.05, 4.69) is 47.0 Å². The number of aromatic nitrogens is 2. The normalized spacial score (nSPS) is 13.4. The van der Waals surface area contributed by atoms with Gasteiger partial charge in [-0.25, -0.2) is 4.68 Å². The van der Waals surface area contributed by atoms with Gasteiger partial charge >= 0.3 is 0 Å². The molecule has 15 heavy (non-hydrogen) atoms. The fourth-order valence-electron chi connectivity index (χ4n) is 2.23. The summed E-state index contributed by atoms with van der Waals surface area (Å²) in [6.45, 7) is 2.15. The largest absolute Gasteiger partial charge is 0.237 e. The number of hydrogen-bond acceptors (Lipinski definition) is 1. The van der Waals surface area contributed by atoms with Gasteiger partial charge in [0.2, 0.25) is 0 Å². The van der Waals surface area contributed by atoms with Crippen molar-refractivity contribution in [3.63, 3.8) is 0 Å². The highest BCUT2D eigenvalue weighted by Crippen LogP contribution is 2.24. The van der Waals surface area contributed by atoms with Crippen LogP contribution in [-0.4, -0.2) is 9.78 Å². The average molecular weight is 198 g/mol. The molecule has 0 aliphatic carbocycles. The number of rotatable bonds is 1. The molecule has 0 saturated heterocycles. The number of fused-ring (bicyclic) bond motifs is 3. The lowest BCUT2D eigenvalue weighted by Gasteiger charge is -2.17. The van der Waals surface area contributed by atoms with Crippen molar-refractivity contribution in [2.45, 2.75) is 26.2 Å². The fraction of sp³-hybridized carbons (Fsp3) is 0.308. The fourth-order valence-corrected chi connectivity index (χ4v) is 2.23. The van der Waals surface area contributed by atoms with E-state index >= 15 is 0 Å². The molecule has 0 spiro atoms. The SMILES string of the molecule is CCc1cc2n(n1)-c1ccccc1CC2. The molecule has 2 heteroatoms. The van der Waals surface area contributed by atoms with Crippen molar-refractivity contribution in [2.75, 3.05) is 0 Å². The van der Waals surface area contributed by atoms with E-state index in [1.807, 2.05) is 0 Å². The molecule has 0 bridgehead atoms. The van der Waals surface area contributed by atoms with E-state index in [0.29, 0.717) is 0 Å². The van der Waals surface area contributed by atoms with Gasteiger partial charge in [-0.3, -0.25) is 0 Å². The number of para-hydroxylation sites is 1. The van der Waals surface area contributed by atoms with Crippen molar-refractivity contribution < 1.29 is 0 Å². The first kappa shape index (κ1) is 8.72. The van der Waals surface area contributed by atoms with Crippen LogP contribution < -0.4 is 0 Å². The monoisotopic (exact) mass is 198 g/mol. The van der Waals surface area contributed by atoms with E-state index in [4.69, 9.17) is 0 Å². The van der Waals surface area contributed by atoms with Crippen LogP contribution in [0.25, 0.3) is 5.69 Å². The summed E-state index contributed by atoms with van der Waals surface area (Å²) in [6.07, 6.45) is 3.28. The van der Waals surface area contributed by atoms with E-state index in [9.17, 15) is 0 Å². The number of aryl methyl sites for hydroxylation is 3. The Labute approximate surface area is 89.5 Å². The van der Waals surface area contributed by atoms with Crippen LogP contribution in [0.1, 0.15) is 23.9 Å². The van der Waals surface area contributed by atoms with Gasteiger partial charge in [-0.15, -0.1) is 0 Å². The van der Waals surface area contributed by atoms with Crippen LogP contribution >= 0.6 is 0 Å². The molecular formula is C13H14N2. The van der Waals surface area contributed by atoms with Crippen molar-refractivity contribution in [3.8, 4) is 5.69 Å². The molecule has 1 aromatic carbocycles. The van der Waals surface area contributed by atoms with E-state index in [1.54, 1.807) is 0 Å². The lowest BCUT2D eigenvalue weighted by atomic mass is 10.0. The summed E-state index contributed by atoms with van der Waals surface area (Å²) in [5, 5.41) is 4.63. The lowest BCUT2D eigenvalue weighted by Crippen LogP contribution is -2.12. The second-order valence-electron chi connectivity index (χ2n) is 4.02. The summed E-state index contributed by atoms with van der Waals surface area (Å²) in [7, 11) is 0. The van der Waals surface area contributed by atoms with Crippen LogP contribution in [0.2, 0.25) is 0 Å². The quantitative estimate of drug-likeness (QED) is 0.688. The predicted molar refractivity (Wildman–Crippen MR) is 60.4 cm³/mol. The van der Waals surface area contributed by atoms with E-state index in [0.717, 1.165) is 19.3 Å². The number of hydrogen-bond donors (Lipinski definition) is 0. The van der Waals surface area contributed by atoms with Gasteiger partial charge in [0.05, 0.1) is 11.4 Å². The summed E-state index contributed by atoms with van der Waals surface area (Å²) in [5.74, 6) is 0. The van der Waals surface area contributed by atoms with Crippen molar-refractivity contribution in [1.82, 2.24) is 9.78 Å². The Morgan fingerprint density at radius 1 is 1.27 bits per heavy atom. The van der Waals surface area contributed by atoms with Crippen LogP contribution in [0, 0.1) is 0 Å². The van der Waals surface area contributed by atoms with Crippen molar-refractivity contribution in [1.29, 1.82) is 0 Å². The van der Waals surface area contributed by atoms with Gasteiger partial charge in [0.1, 0.15) is 0 Å². The zero-order valence-electron chi connectivity index (χ0n) is 8.90. The third kappa shape index (κ3) is 1.29. The minimum Gasteiger partial charge on any atom is -0.237 e. The van der Waals surface area contributed by atoms with Gasteiger partial charge in [-0.2, -0.15) is 5.10 Å². The minimum atomic E-state index is 1.02. The Morgan fingerprint density at radius 3 is 3.00 bits per heavy atom. The highest BCUT2D eigenvalue weighted by Gasteiger charge is 2.16. The molecular weight excluding hydrogens is 184 g/mol. The van der Waals surface area contributed by atoms with Crippen LogP contribution in [-0.2, 0) is 19.3 Å². The molecule has 0 atom stereocenters. The summed E-state index contributed by atoms with van der Waals surface area (Å²) in [6, 6.07) is 10.8. The van der Waals surface area contributed by atoms with Crippen molar-refractivity contribution in [3.05, 3.63) is 47.3 Å². The van der Waals surface area contributed by atoms with Gasteiger partial charge in [0.25, 0.3) is 0 Å². The predicted octanol–water partition coefficient (Wildman–Crippen LogP) is 2.53. The van der Waals surface area contributed by atoms with Gasteiger partial charge in [-0.05, 0) is 37.0 Å². The third-order valence-electron chi connectivity index (χ3n) is 3.07. The van der Waals surface area contributed by atoms with E-state index in [-0.39, 0.29) is 0 Å². The Morgan fingerprint density at radius 2 is 2.13 bits per heavy atom. The van der Waals surface area contributed by atoms with Gasteiger partial charge in [0.15, 0.2) is 0 Å². The maximum Gasteiger partial charge on any atom is 0.0680 e. The van der Waals surface area contributed by atoms with Crippen LogP contribution in [0.4, 0.5) is 0 Å². The van der Waals surface area contributed by atoms with E-state index in [1.165, 1.54) is 22.6 Å². The molecule has 1 aliphatic rings. The molecule has 1 aliphatic heterocycles. The Balaban J connectivity index is 2.20. The van der Waals surface area contributed by atoms with Crippen molar-refractivity contribution in [2.24, 2.45) is 0 Å². The zero-order valence-corrected chi connectivity index (χ0v) is 8.90. The molecule has 0 N–H and O–H groups in total. The second kappa shape index (κ2) is 3.23. The number of benzene rings is 1. The van der Waals surface area contributed by atoms with Gasteiger partial charge in [0, 0.05) is 5.69 Å². The van der Waals surface area contributed by atoms with Crippen LogP contribution in [0.5, 0.6) is 0 Å². The molecule has 2 aromatic rings. The molecule has 76 valence electrons. The van der Waals surface area contributed by atoms with Gasteiger partial charge < -0.3 is 0 Å². The smallest absolute Gasteiger partial charge is 0.0680 e. The average Bonchev–Trinajstić information content (AvgIpc) is 2.72. The molecule has 0 saturated carbocycles. The van der Waals surface area contributed by atoms with Crippen LogP contribution in [0.3, 0.4) is 0 Å². The Kier molecular flexibility index (Phi) is 1.88. The maximum absolute atomic E-state index is 4.63. The highest BCUT2D eigenvalue weighted by atomic mass is 15.3. The maximum atomic E-state index is 4.63. The minimum absolute atomic E-state index is 1.02. The van der Waals surface area contributed by atoms with Gasteiger partial charge in [-0.1, -0.05) is 25.1 Å². The Bertz CT molecular complexity index is 497. The third-order valence-corrected chi connectivity index (χ3v) is 3.07. The molecule has 0 radical (unpaired) electrons. The zero-order chi connectivity index (χ0) is 10.3.